The van der Waals surface area contributed by atoms with Crippen molar-refractivity contribution in [2.45, 2.75) is 110 Å². The van der Waals surface area contributed by atoms with Crippen LogP contribution < -0.4 is 0 Å². The van der Waals surface area contributed by atoms with Crippen molar-refractivity contribution in [2.75, 3.05) is 0 Å². The van der Waals surface area contributed by atoms with Crippen LogP contribution in [0, 0.1) is 29.6 Å². The maximum atomic E-state index is 11.8. The van der Waals surface area contributed by atoms with Gasteiger partial charge in [0.05, 0.1) is 0 Å². The molecule has 1 nitrogen and oxygen atoms in total. The fourth-order valence-corrected chi connectivity index (χ4v) is 6.18. The summed E-state index contributed by atoms with van der Waals surface area (Å²) >= 11 is 0. The molecule has 0 aliphatic heterocycles. The summed E-state index contributed by atoms with van der Waals surface area (Å²) in [5.74, 6) is 5.31. The van der Waals surface area contributed by atoms with E-state index in [2.05, 4.69) is 6.92 Å². The largest absolute Gasteiger partial charge is 0.300 e. The van der Waals surface area contributed by atoms with Gasteiger partial charge in [-0.3, -0.25) is 4.79 Å². The third-order valence-electron chi connectivity index (χ3n) is 7.78. The van der Waals surface area contributed by atoms with Crippen LogP contribution in [0.3, 0.4) is 0 Å². The Hall–Kier alpha value is -0.330. The van der Waals surface area contributed by atoms with Crippen molar-refractivity contribution in [3.05, 3.63) is 0 Å². The normalized spacial score (nSPS) is 38.2. The van der Waals surface area contributed by atoms with Crippen molar-refractivity contribution in [2.24, 2.45) is 29.6 Å². The van der Waals surface area contributed by atoms with Gasteiger partial charge in [0.25, 0.3) is 0 Å². The lowest BCUT2D eigenvalue weighted by Crippen LogP contribution is -2.30. The molecule has 3 fully saturated rings. The minimum Gasteiger partial charge on any atom is -0.300 e. The Morgan fingerprint density at radius 3 is 1.92 bits per heavy atom. The van der Waals surface area contributed by atoms with Crippen molar-refractivity contribution in [3.8, 4) is 0 Å². The van der Waals surface area contributed by atoms with Gasteiger partial charge < -0.3 is 0 Å². The molecule has 138 valence electrons. The zero-order valence-electron chi connectivity index (χ0n) is 16.1. The molecule has 0 heterocycles. The second kappa shape index (κ2) is 9.39. The standard InChI is InChI=1S/C23H40O/c1-2-3-4-6-18-9-11-19(12-10-18)20-13-15-21(16-14-20)22-7-5-8-23(24)17-22/h18-22H,2-17H2,1H3. The first kappa shape index (κ1) is 18.5. The Bertz CT molecular complexity index is 371. The molecule has 3 saturated carbocycles. The Morgan fingerprint density at radius 1 is 0.750 bits per heavy atom. The number of Topliss-reactive ketones (excluding diaryl/α,β-unsaturated/α-hetero) is 1. The zero-order chi connectivity index (χ0) is 16.8. The minimum atomic E-state index is 0.551. The van der Waals surface area contributed by atoms with E-state index in [1.165, 1.54) is 89.9 Å². The van der Waals surface area contributed by atoms with Gasteiger partial charge in [0, 0.05) is 12.8 Å². The smallest absolute Gasteiger partial charge is 0.133 e. The number of carbonyl (C=O) groups is 1. The highest BCUT2D eigenvalue weighted by Crippen LogP contribution is 2.45. The fraction of sp³-hybridized carbons (Fsp3) is 0.957. The Labute approximate surface area is 150 Å². The summed E-state index contributed by atoms with van der Waals surface area (Å²) in [6.07, 6.45) is 22.0. The topological polar surface area (TPSA) is 17.1 Å². The Balaban J connectivity index is 1.36. The van der Waals surface area contributed by atoms with Crippen molar-refractivity contribution in [1.29, 1.82) is 0 Å². The second-order valence-electron chi connectivity index (χ2n) is 9.35. The molecular weight excluding hydrogens is 292 g/mol. The average molecular weight is 333 g/mol. The third kappa shape index (κ3) is 5.09. The molecule has 1 unspecified atom stereocenters. The van der Waals surface area contributed by atoms with Gasteiger partial charge in [-0.1, -0.05) is 45.4 Å². The van der Waals surface area contributed by atoms with Crippen LogP contribution >= 0.6 is 0 Å². The van der Waals surface area contributed by atoms with Crippen LogP contribution in [0.1, 0.15) is 110 Å². The Kier molecular flexibility index (Phi) is 7.22. The molecule has 0 spiro atoms. The molecule has 1 atom stereocenters. The van der Waals surface area contributed by atoms with E-state index in [0.717, 1.165) is 42.4 Å². The highest BCUT2D eigenvalue weighted by atomic mass is 16.1. The molecule has 0 aromatic heterocycles. The number of rotatable bonds is 6. The lowest BCUT2D eigenvalue weighted by Gasteiger charge is -2.40. The first-order chi connectivity index (χ1) is 11.8. The number of hydrogen-bond donors (Lipinski definition) is 0. The van der Waals surface area contributed by atoms with E-state index >= 15 is 0 Å². The van der Waals surface area contributed by atoms with Gasteiger partial charge in [0.15, 0.2) is 0 Å². The molecule has 0 N–H and O–H groups in total. The summed E-state index contributed by atoms with van der Waals surface area (Å²) in [6.45, 7) is 2.32. The molecule has 3 rings (SSSR count). The van der Waals surface area contributed by atoms with E-state index in [0.29, 0.717) is 5.78 Å². The van der Waals surface area contributed by atoms with Crippen molar-refractivity contribution < 1.29 is 4.79 Å². The van der Waals surface area contributed by atoms with Gasteiger partial charge >= 0.3 is 0 Å². The van der Waals surface area contributed by atoms with E-state index < -0.39 is 0 Å². The van der Waals surface area contributed by atoms with Crippen LogP contribution in [0.2, 0.25) is 0 Å². The van der Waals surface area contributed by atoms with Crippen LogP contribution in [0.15, 0.2) is 0 Å². The van der Waals surface area contributed by atoms with Crippen LogP contribution in [0.25, 0.3) is 0 Å². The maximum absolute atomic E-state index is 11.8. The summed E-state index contributed by atoms with van der Waals surface area (Å²) in [6, 6.07) is 0. The molecule has 3 aliphatic carbocycles. The number of carbonyl (C=O) groups excluding carboxylic acids is 1. The number of unbranched alkanes of at least 4 members (excludes halogenated alkanes) is 2. The van der Waals surface area contributed by atoms with Crippen LogP contribution in [-0.2, 0) is 4.79 Å². The van der Waals surface area contributed by atoms with Crippen molar-refractivity contribution in [1.82, 2.24) is 0 Å². The summed E-state index contributed by atoms with van der Waals surface area (Å²) in [7, 11) is 0. The number of ketones is 1. The SMILES string of the molecule is CCCCCC1CCC(C2CCC(C3CCCC(=O)C3)CC2)CC1. The summed E-state index contributed by atoms with van der Waals surface area (Å²) in [5, 5.41) is 0. The van der Waals surface area contributed by atoms with E-state index in [9.17, 15) is 4.79 Å². The maximum Gasteiger partial charge on any atom is 0.133 e. The molecule has 24 heavy (non-hydrogen) atoms. The molecule has 3 aliphatic rings. The molecular formula is C23H40O. The summed E-state index contributed by atoms with van der Waals surface area (Å²) < 4.78 is 0. The summed E-state index contributed by atoms with van der Waals surface area (Å²) in [4.78, 5) is 11.8. The van der Waals surface area contributed by atoms with Crippen molar-refractivity contribution >= 4 is 5.78 Å². The molecule has 0 amide bonds. The predicted molar refractivity (Wildman–Crippen MR) is 102 cm³/mol. The lowest BCUT2D eigenvalue weighted by molar-refractivity contribution is -0.122. The first-order valence-electron chi connectivity index (χ1n) is 11.3. The molecule has 0 aromatic carbocycles. The van der Waals surface area contributed by atoms with E-state index in [1.807, 2.05) is 0 Å². The highest BCUT2D eigenvalue weighted by Gasteiger charge is 2.34. The second-order valence-corrected chi connectivity index (χ2v) is 9.35. The molecule has 0 saturated heterocycles. The van der Waals surface area contributed by atoms with E-state index in [1.54, 1.807) is 0 Å². The quantitative estimate of drug-likeness (QED) is 0.481. The van der Waals surface area contributed by atoms with Crippen molar-refractivity contribution in [3.63, 3.8) is 0 Å². The third-order valence-corrected chi connectivity index (χ3v) is 7.78. The van der Waals surface area contributed by atoms with Gasteiger partial charge in [-0.15, -0.1) is 0 Å². The fourth-order valence-electron chi connectivity index (χ4n) is 6.18. The van der Waals surface area contributed by atoms with Gasteiger partial charge in [-0.05, 0) is 81.0 Å². The van der Waals surface area contributed by atoms with Gasteiger partial charge in [-0.25, -0.2) is 0 Å². The van der Waals surface area contributed by atoms with E-state index in [4.69, 9.17) is 0 Å². The first-order valence-corrected chi connectivity index (χ1v) is 11.3. The molecule has 0 radical (unpaired) electrons. The Morgan fingerprint density at radius 2 is 1.33 bits per heavy atom. The average Bonchev–Trinajstić information content (AvgIpc) is 2.63. The van der Waals surface area contributed by atoms with Gasteiger partial charge in [0.2, 0.25) is 0 Å². The lowest BCUT2D eigenvalue weighted by atomic mass is 9.65. The van der Waals surface area contributed by atoms with E-state index in [-0.39, 0.29) is 0 Å². The summed E-state index contributed by atoms with van der Waals surface area (Å²) in [5.41, 5.74) is 0. The minimum absolute atomic E-state index is 0.551. The zero-order valence-corrected chi connectivity index (χ0v) is 16.1. The molecule has 0 bridgehead atoms. The monoisotopic (exact) mass is 332 g/mol. The van der Waals surface area contributed by atoms with Crippen LogP contribution in [0.5, 0.6) is 0 Å². The molecule has 1 heteroatoms. The van der Waals surface area contributed by atoms with Crippen LogP contribution in [-0.4, -0.2) is 5.78 Å². The van der Waals surface area contributed by atoms with Gasteiger partial charge in [-0.2, -0.15) is 0 Å². The van der Waals surface area contributed by atoms with Gasteiger partial charge in [0.1, 0.15) is 5.78 Å². The number of hydrogen-bond acceptors (Lipinski definition) is 1. The molecule has 0 aromatic rings. The highest BCUT2D eigenvalue weighted by molar-refractivity contribution is 5.79. The van der Waals surface area contributed by atoms with Crippen LogP contribution in [0.4, 0.5) is 0 Å². The predicted octanol–water partition coefficient (Wildman–Crippen LogP) is 6.94.